The van der Waals surface area contributed by atoms with Crippen molar-refractivity contribution in [3.63, 3.8) is 0 Å². The highest BCUT2D eigenvalue weighted by Gasteiger charge is 2.15. The lowest BCUT2D eigenvalue weighted by atomic mass is 10.2. The zero-order valence-corrected chi connectivity index (χ0v) is 15.3. The number of benzene rings is 1. The Morgan fingerprint density at radius 1 is 1.44 bits per heavy atom. The van der Waals surface area contributed by atoms with E-state index in [1.165, 1.54) is 23.1 Å². The summed E-state index contributed by atoms with van der Waals surface area (Å²) in [4.78, 5) is 12.1. The standard InChI is InChI=1S/C17H18N4O2S2/c1-3-8-18-16-20-21-17(25-16)24-10-15(22)19-11(2)14-9-12-6-4-5-7-13(12)23-14/h3-7,9,11H,1,8,10H2,2H3,(H,18,20)(H,19,22)/t11-/m1/s1. The van der Waals surface area contributed by atoms with Crippen LogP contribution in [0.3, 0.4) is 0 Å². The van der Waals surface area contributed by atoms with Crippen LogP contribution in [0.1, 0.15) is 18.7 Å². The van der Waals surface area contributed by atoms with Crippen molar-refractivity contribution >= 4 is 45.1 Å². The molecule has 1 amide bonds. The summed E-state index contributed by atoms with van der Waals surface area (Å²) in [6, 6.07) is 9.55. The van der Waals surface area contributed by atoms with Gasteiger partial charge in [-0.15, -0.1) is 16.8 Å². The maximum Gasteiger partial charge on any atom is 0.231 e. The van der Waals surface area contributed by atoms with E-state index < -0.39 is 0 Å². The number of hydrogen-bond donors (Lipinski definition) is 2. The summed E-state index contributed by atoms with van der Waals surface area (Å²) in [5.41, 5.74) is 0.821. The Morgan fingerprint density at radius 2 is 2.28 bits per heavy atom. The molecule has 1 aromatic carbocycles. The van der Waals surface area contributed by atoms with Gasteiger partial charge < -0.3 is 15.1 Å². The molecule has 0 spiro atoms. The van der Waals surface area contributed by atoms with Crippen LogP contribution >= 0.6 is 23.1 Å². The van der Waals surface area contributed by atoms with Crippen molar-refractivity contribution in [1.29, 1.82) is 0 Å². The van der Waals surface area contributed by atoms with Crippen molar-refractivity contribution in [3.05, 3.63) is 48.7 Å². The summed E-state index contributed by atoms with van der Waals surface area (Å²) in [6.45, 7) is 6.18. The van der Waals surface area contributed by atoms with Gasteiger partial charge in [0.25, 0.3) is 0 Å². The van der Waals surface area contributed by atoms with Gasteiger partial charge in [0.05, 0.1) is 11.8 Å². The van der Waals surface area contributed by atoms with Gasteiger partial charge >= 0.3 is 0 Å². The molecule has 0 fully saturated rings. The number of amides is 1. The molecule has 6 nitrogen and oxygen atoms in total. The van der Waals surface area contributed by atoms with Gasteiger partial charge in [-0.1, -0.05) is 47.4 Å². The Labute approximate surface area is 153 Å². The van der Waals surface area contributed by atoms with Crippen LogP contribution in [0.2, 0.25) is 0 Å². The fourth-order valence-corrected chi connectivity index (χ4v) is 3.77. The molecule has 25 heavy (non-hydrogen) atoms. The van der Waals surface area contributed by atoms with Gasteiger partial charge in [0.2, 0.25) is 11.0 Å². The highest BCUT2D eigenvalue weighted by atomic mass is 32.2. The second-order valence-corrected chi connectivity index (χ2v) is 7.51. The number of rotatable bonds is 8. The number of fused-ring (bicyclic) bond motifs is 1. The van der Waals surface area contributed by atoms with Gasteiger partial charge in [-0.3, -0.25) is 4.79 Å². The molecule has 0 saturated heterocycles. The minimum atomic E-state index is -0.195. The third-order valence-corrected chi connectivity index (χ3v) is 5.39. The molecule has 2 heterocycles. The number of thioether (sulfide) groups is 1. The van der Waals surface area contributed by atoms with Crippen LogP contribution in [0, 0.1) is 0 Å². The third kappa shape index (κ3) is 4.61. The zero-order valence-electron chi connectivity index (χ0n) is 13.7. The van der Waals surface area contributed by atoms with Crippen molar-refractivity contribution in [2.24, 2.45) is 0 Å². The van der Waals surface area contributed by atoms with E-state index in [4.69, 9.17) is 4.42 Å². The molecule has 0 saturated carbocycles. The van der Waals surface area contributed by atoms with Crippen molar-refractivity contribution < 1.29 is 9.21 Å². The number of para-hydroxylation sites is 1. The molecule has 1 atom stereocenters. The van der Waals surface area contributed by atoms with Crippen molar-refractivity contribution in [2.75, 3.05) is 17.6 Å². The molecule has 0 bridgehead atoms. The molecule has 2 aromatic heterocycles. The maximum atomic E-state index is 12.1. The largest absolute Gasteiger partial charge is 0.459 e. The van der Waals surface area contributed by atoms with Crippen LogP contribution in [0.5, 0.6) is 0 Å². The number of furan rings is 1. The summed E-state index contributed by atoms with van der Waals surface area (Å²) in [6.07, 6.45) is 1.75. The van der Waals surface area contributed by atoms with E-state index in [-0.39, 0.29) is 17.7 Å². The molecule has 3 rings (SSSR count). The maximum absolute atomic E-state index is 12.1. The first kappa shape index (κ1) is 17.5. The van der Waals surface area contributed by atoms with Gasteiger partial charge in [-0.25, -0.2) is 0 Å². The van der Waals surface area contributed by atoms with Gasteiger partial charge in [-0.05, 0) is 19.1 Å². The van der Waals surface area contributed by atoms with E-state index in [1.54, 1.807) is 6.08 Å². The smallest absolute Gasteiger partial charge is 0.231 e. The van der Waals surface area contributed by atoms with Crippen molar-refractivity contribution in [1.82, 2.24) is 15.5 Å². The average Bonchev–Trinajstić information content (AvgIpc) is 3.24. The molecule has 0 aliphatic carbocycles. The first-order valence-electron chi connectivity index (χ1n) is 7.74. The van der Waals surface area contributed by atoms with Crippen molar-refractivity contribution in [2.45, 2.75) is 17.3 Å². The molecule has 0 aliphatic heterocycles. The van der Waals surface area contributed by atoms with Crippen LogP contribution in [0.4, 0.5) is 5.13 Å². The zero-order chi connectivity index (χ0) is 17.6. The lowest BCUT2D eigenvalue weighted by molar-refractivity contribution is -0.119. The molecular weight excluding hydrogens is 356 g/mol. The first-order chi connectivity index (χ1) is 12.2. The first-order valence-corrected chi connectivity index (χ1v) is 9.55. The Bertz CT molecular complexity index is 841. The van der Waals surface area contributed by atoms with E-state index in [1.807, 2.05) is 37.3 Å². The minimum absolute atomic E-state index is 0.0752. The lowest BCUT2D eigenvalue weighted by Gasteiger charge is -2.10. The Morgan fingerprint density at radius 3 is 3.08 bits per heavy atom. The number of nitrogens with one attached hydrogen (secondary N) is 2. The second-order valence-electron chi connectivity index (χ2n) is 5.31. The molecule has 3 aromatic rings. The van der Waals surface area contributed by atoms with Crippen LogP contribution in [0.15, 0.2) is 51.7 Å². The fraction of sp³-hybridized carbons (Fsp3) is 0.235. The monoisotopic (exact) mass is 374 g/mol. The summed E-state index contributed by atoms with van der Waals surface area (Å²) in [7, 11) is 0. The molecular formula is C17H18N4O2S2. The number of anilines is 1. The highest BCUT2D eigenvalue weighted by molar-refractivity contribution is 8.01. The van der Waals surface area contributed by atoms with Crippen molar-refractivity contribution in [3.8, 4) is 0 Å². The Kier molecular flexibility index (Phi) is 5.72. The molecule has 8 heteroatoms. The molecule has 130 valence electrons. The quantitative estimate of drug-likeness (QED) is 0.460. The second kappa shape index (κ2) is 8.17. The van der Waals surface area contributed by atoms with E-state index in [9.17, 15) is 4.79 Å². The van der Waals surface area contributed by atoms with Gasteiger partial charge in [-0.2, -0.15) is 0 Å². The number of aromatic nitrogens is 2. The number of carbonyl (C=O) groups excluding carboxylic acids is 1. The summed E-state index contributed by atoms with van der Waals surface area (Å²) in [5, 5.41) is 15.8. The van der Waals surface area contributed by atoms with Gasteiger partial charge in [0.15, 0.2) is 4.34 Å². The molecule has 0 unspecified atom stereocenters. The lowest BCUT2D eigenvalue weighted by Crippen LogP contribution is -2.27. The predicted molar refractivity (Wildman–Crippen MR) is 102 cm³/mol. The van der Waals surface area contributed by atoms with Crippen LogP contribution in [-0.4, -0.2) is 28.4 Å². The number of nitrogens with zero attached hydrogens (tertiary/aromatic N) is 2. The molecule has 2 N–H and O–H groups in total. The molecule has 0 aliphatic rings. The average molecular weight is 374 g/mol. The highest BCUT2D eigenvalue weighted by Crippen LogP contribution is 2.26. The fourth-order valence-electron chi connectivity index (χ4n) is 2.20. The minimum Gasteiger partial charge on any atom is -0.459 e. The number of carbonyl (C=O) groups is 1. The third-order valence-electron chi connectivity index (χ3n) is 3.38. The van der Waals surface area contributed by atoms with Crippen LogP contribution in [-0.2, 0) is 4.79 Å². The summed E-state index contributed by atoms with van der Waals surface area (Å²) in [5.74, 6) is 0.945. The van der Waals surface area contributed by atoms with E-state index >= 15 is 0 Å². The van der Waals surface area contributed by atoms with E-state index in [0.717, 1.165) is 26.2 Å². The normalized spacial score (nSPS) is 12.0. The Hall–Kier alpha value is -2.32. The summed E-state index contributed by atoms with van der Waals surface area (Å²) >= 11 is 2.78. The topological polar surface area (TPSA) is 80.0 Å². The van der Waals surface area contributed by atoms with Crippen LogP contribution in [0.25, 0.3) is 11.0 Å². The Balaban J connectivity index is 1.51. The van der Waals surface area contributed by atoms with E-state index in [2.05, 4.69) is 27.4 Å². The summed E-state index contributed by atoms with van der Waals surface area (Å²) < 4.78 is 6.52. The van der Waals surface area contributed by atoms with Gasteiger partial charge in [0, 0.05) is 11.9 Å². The molecule has 0 radical (unpaired) electrons. The SMILES string of the molecule is C=CCNc1nnc(SCC(=O)N[C@H](C)c2cc3ccccc3o2)s1. The number of hydrogen-bond acceptors (Lipinski definition) is 7. The van der Waals surface area contributed by atoms with Gasteiger partial charge in [0.1, 0.15) is 11.3 Å². The van der Waals surface area contributed by atoms with E-state index in [0.29, 0.717) is 6.54 Å². The predicted octanol–water partition coefficient (Wildman–Crippen LogP) is 3.85. The van der Waals surface area contributed by atoms with Crippen LogP contribution < -0.4 is 10.6 Å².